The molecule has 26 atom stereocenters. The smallest absolute Gasteiger partial charge is 0.187 e. The molecule has 376 valence electrons. The van der Waals surface area contributed by atoms with Crippen molar-refractivity contribution in [3.05, 3.63) is 0 Å². The minimum absolute atomic E-state index is 0.00565. The predicted octanol–water partition coefficient (Wildman–Crippen LogP) is -2.82. The number of aldehydes is 1. The lowest BCUT2D eigenvalue weighted by molar-refractivity contribution is -0.378. The molecule has 13 N–H and O–H groups in total. The molecule has 3 saturated heterocycles. The van der Waals surface area contributed by atoms with Gasteiger partial charge >= 0.3 is 0 Å². The van der Waals surface area contributed by atoms with E-state index in [9.17, 15) is 71.2 Å². The summed E-state index contributed by atoms with van der Waals surface area (Å²) in [5.74, 6) is -0.822. The van der Waals surface area contributed by atoms with Gasteiger partial charge in [-0.15, -0.1) is 0 Å². The predicted molar refractivity (Wildman–Crippen MR) is 222 cm³/mol. The maximum Gasteiger partial charge on any atom is 0.187 e. The Labute approximate surface area is 379 Å². The highest BCUT2D eigenvalue weighted by molar-refractivity contribution is 5.55. The zero-order valence-electron chi connectivity index (χ0n) is 38.2. The van der Waals surface area contributed by atoms with Crippen molar-refractivity contribution < 1.29 is 99.6 Å². The number of hydrogen-bond donors (Lipinski definition) is 13. The van der Waals surface area contributed by atoms with Crippen molar-refractivity contribution in [2.45, 2.75) is 209 Å². The number of carbonyl (C=O) groups is 1. The lowest BCUT2D eigenvalue weighted by Gasteiger charge is -2.71. The van der Waals surface area contributed by atoms with Crippen LogP contribution in [0.1, 0.15) is 92.9 Å². The van der Waals surface area contributed by atoms with E-state index in [2.05, 4.69) is 34.6 Å². The van der Waals surface area contributed by atoms with Gasteiger partial charge in [0.25, 0.3) is 0 Å². The summed E-state index contributed by atoms with van der Waals surface area (Å²) in [6.07, 6.45) is -22.0. The van der Waals surface area contributed by atoms with Crippen molar-refractivity contribution >= 4 is 6.29 Å². The first-order valence-corrected chi connectivity index (χ1v) is 23.4. The molecule has 4 aliphatic carbocycles. The zero-order chi connectivity index (χ0) is 47.9. The molecule has 1 unspecified atom stereocenters. The van der Waals surface area contributed by atoms with Crippen LogP contribution in [0.15, 0.2) is 0 Å². The second kappa shape index (κ2) is 18.9. The van der Waals surface area contributed by atoms with E-state index in [1.807, 2.05) is 0 Å². The summed E-state index contributed by atoms with van der Waals surface area (Å²) in [4.78, 5) is 11.9. The van der Waals surface area contributed by atoms with Crippen LogP contribution in [0.5, 0.6) is 0 Å². The number of hydrogen-bond acceptors (Lipinski definition) is 20. The molecule has 0 aromatic heterocycles. The lowest BCUT2D eigenvalue weighted by atomic mass is 9.35. The third-order valence-corrected chi connectivity index (χ3v) is 18.4. The van der Waals surface area contributed by atoms with Crippen molar-refractivity contribution in [2.24, 2.45) is 45.3 Å². The Morgan fingerprint density at radius 1 is 0.631 bits per heavy atom. The average molecular weight is 937 g/mol. The molecule has 20 heteroatoms. The number of aliphatic hydroxyl groups is 13. The van der Waals surface area contributed by atoms with Gasteiger partial charge in [0.2, 0.25) is 0 Å². The SMILES string of the molecule is CC1(C)[C@@H](O[C@@H]2O[C@H](CO)[C@@H](O)[C@H](O)[C@H]2O[C@@H]2O[C@H](CO)[C@@H](O)[C@H](O)[C@H]2O)CC[C@]2(C)[C@H]3C[C@@H](O)[C@@H]4[C@@H]([C@](C)(CC(O)C=O)O[C@@H]5O[C@H](CO)[C@@H](O)[C@H](O)[C@H]5O)CC[C@@]4(C)[C@]3(C)CC[C@@H]12. The first-order valence-electron chi connectivity index (χ1n) is 23.4. The highest BCUT2D eigenvalue weighted by atomic mass is 16.8. The topological polar surface area (TPSA) is 335 Å². The Morgan fingerprint density at radius 3 is 1.72 bits per heavy atom. The van der Waals surface area contributed by atoms with Crippen molar-refractivity contribution in [1.82, 2.24) is 0 Å². The number of ether oxygens (including phenoxy) is 6. The van der Waals surface area contributed by atoms with Crippen LogP contribution < -0.4 is 0 Å². The van der Waals surface area contributed by atoms with Crippen LogP contribution in [0.3, 0.4) is 0 Å². The summed E-state index contributed by atoms with van der Waals surface area (Å²) < 4.78 is 36.6. The summed E-state index contributed by atoms with van der Waals surface area (Å²) in [6.45, 7) is 10.6. The van der Waals surface area contributed by atoms with E-state index in [-0.39, 0.29) is 29.1 Å². The normalized spacial score (nSPS) is 53.6. The van der Waals surface area contributed by atoms with Crippen LogP contribution in [0.25, 0.3) is 0 Å². The van der Waals surface area contributed by atoms with Crippen LogP contribution in [0.4, 0.5) is 0 Å². The minimum atomic E-state index is -1.81. The molecule has 0 bridgehead atoms. The summed E-state index contributed by atoms with van der Waals surface area (Å²) in [5, 5.41) is 139. The first kappa shape index (κ1) is 51.8. The third-order valence-electron chi connectivity index (χ3n) is 18.4. The highest BCUT2D eigenvalue weighted by Gasteiger charge is 2.72. The molecule has 0 spiro atoms. The van der Waals surface area contributed by atoms with E-state index in [1.165, 1.54) is 0 Å². The number of aliphatic hydroxyl groups excluding tert-OH is 13. The molecule has 4 saturated carbocycles. The molecule has 3 aliphatic heterocycles. The fourth-order valence-corrected chi connectivity index (χ4v) is 14.6. The molecular formula is C45H76O20. The minimum Gasteiger partial charge on any atom is -0.394 e. The maximum atomic E-state index is 12.5. The first-order chi connectivity index (χ1) is 30.4. The fourth-order valence-electron chi connectivity index (χ4n) is 14.6. The summed E-state index contributed by atoms with van der Waals surface area (Å²) >= 11 is 0. The van der Waals surface area contributed by atoms with Crippen LogP contribution in [-0.4, -0.2) is 209 Å². The van der Waals surface area contributed by atoms with Crippen molar-refractivity contribution in [1.29, 1.82) is 0 Å². The van der Waals surface area contributed by atoms with Gasteiger partial charge in [-0.05, 0) is 97.2 Å². The molecule has 0 radical (unpaired) electrons. The number of carbonyl (C=O) groups excluding carboxylic acids is 1. The van der Waals surface area contributed by atoms with E-state index in [0.29, 0.717) is 38.4 Å². The molecule has 0 amide bonds. The zero-order valence-corrected chi connectivity index (χ0v) is 38.2. The van der Waals surface area contributed by atoms with E-state index in [0.717, 1.165) is 12.8 Å². The highest BCUT2D eigenvalue weighted by Crippen LogP contribution is 2.76. The summed E-state index contributed by atoms with van der Waals surface area (Å²) in [5.41, 5.74) is -3.12. The number of rotatable bonds is 13. The molecule has 0 aromatic carbocycles. The quantitative estimate of drug-likeness (QED) is 0.0654. The van der Waals surface area contributed by atoms with Crippen molar-refractivity contribution in [2.75, 3.05) is 19.8 Å². The Bertz CT molecular complexity index is 1640. The Kier molecular flexibility index (Phi) is 15.1. The monoisotopic (exact) mass is 936 g/mol. The second-order valence-electron chi connectivity index (χ2n) is 22.0. The van der Waals surface area contributed by atoms with Gasteiger partial charge in [-0.1, -0.05) is 34.6 Å². The molecule has 7 fully saturated rings. The summed E-state index contributed by atoms with van der Waals surface area (Å²) in [7, 11) is 0. The van der Waals surface area contributed by atoms with Gasteiger partial charge in [0, 0.05) is 6.42 Å². The summed E-state index contributed by atoms with van der Waals surface area (Å²) in [6, 6.07) is 0. The van der Waals surface area contributed by atoms with Crippen LogP contribution in [-0.2, 0) is 33.2 Å². The molecule has 20 nitrogen and oxygen atoms in total. The Hall–Kier alpha value is -1.09. The lowest BCUT2D eigenvalue weighted by Crippen LogP contribution is -2.68. The van der Waals surface area contributed by atoms with E-state index in [4.69, 9.17) is 28.4 Å². The molecule has 0 aromatic rings. The van der Waals surface area contributed by atoms with Crippen LogP contribution >= 0.6 is 0 Å². The van der Waals surface area contributed by atoms with Gasteiger partial charge in [-0.3, -0.25) is 0 Å². The Morgan fingerprint density at radius 2 is 1.15 bits per heavy atom. The van der Waals surface area contributed by atoms with Crippen LogP contribution in [0.2, 0.25) is 0 Å². The fraction of sp³-hybridized carbons (Fsp3) is 0.978. The second-order valence-corrected chi connectivity index (χ2v) is 22.0. The van der Waals surface area contributed by atoms with Gasteiger partial charge in [-0.2, -0.15) is 0 Å². The molecule has 7 rings (SSSR count). The van der Waals surface area contributed by atoms with E-state index in [1.54, 1.807) is 6.92 Å². The maximum absolute atomic E-state index is 12.5. The van der Waals surface area contributed by atoms with Gasteiger partial charge in [-0.25, -0.2) is 0 Å². The van der Waals surface area contributed by atoms with Gasteiger partial charge in [0.05, 0.1) is 37.6 Å². The standard InChI is InChI=1S/C45H76O20/c1-41(2)25-8-12-43(4)26(13-21(51)28-20(7-11-44(28,43)5)45(6,14-19(50)15-46)65-39-36(59)33(56)30(53)23(17-48)61-39)42(25,3)10-9-27(41)63-40-37(34(57)31(54)24(18-49)62-40)64-38-35(58)32(55)29(52)22(16-47)60-38/h15,19-40,47-59H,7-14,16-18H2,1-6H3/t19?,20-,21+,22+,23+,24+,25-,26+,27-,28-,29+,30+,31+,32-,33-,34-,35+,36+,37+,38-,39-,40-,42-,43+,44+,45-/m0/s1. The van der Waals surface area contributed by atoms with Crippen molar-refractivity contribution in [3.63, 3.8) is 0 Å². The molecule has 3 heterocycles. The van der Waals surface area contributed by atoms with Gasteiger partial charge in [0.1, 0.15) is 85.6 Å². The van der Waals surface area contributed by atoms with Crippen molar-refractivity contribution in [3.8, 4) is 0 Å². The van der Waals surface area contributed by atoms with Gasteiger partial charge < -0.3 is 99.6 Å². The van der Waals surface area contributed by atoms with Crippen LogP contribution in [0, 0.1) is 45.3 Å². The third kappa shape index (κ3) is 8.48. The van der Waals surface area contributed by atoms with E-state index < -0.39 is 159 Å². The van der Waals surface area contributed by atoms with Gasteiger partial charge in [0.15, 0.2) is 18.9 Å². The molecule has 65 heavy (non-hydrogen) atoms. The molecular weight excluding hydrogens is 860 g/mol. The largest absolute Gasteiger partial charge is 0.394 e. The Balaban J connectivity index is 1.13. The average Bonchev–Trinajstić information content (AvgIpc) is 3.65. The van der Waals surface area contributed by atoms with E-state index >= 15 is 0 Å². The number of fused-ring (bicyclic) bond motifs is 5. The molecule has 7 aliphatic rings.